The Labute approximate surface area is 169 Å². The number of nitrogens with zero attached hydrogens (tertiary/aromatic N) is 3. The number of rotatable bonds is 4. The van der Waals surface area contributed by atoms with E-state index in [2.05, 4.69) is 4.98 Å². The Kier molecular flexibility index (Phi) is 4.14. The summed E-state index contributed by atoms with van der Waals surface area (Å²) in [5.41, 5.74) is 4.49. The van der Waals surface area contributed by atoms with Crippen LogP contribution in [0.3, 0.4) is 0 Å². The van der Waals surface area contributed by atoms with Crippen LogP contribution in [-0.2, 0) is 0 Å². The number of nitrogens with one attached hydrogen (secondary N) is 1. The van der Waals surface area contributed by atoms with Crippen LogP contribution in [0, 0.1) is 10.1 Å². The van der Waals surface area contributed by atoms with Crippen molar-refractivity contribution in [2.75, 3.05) is 0 Å². The Morgan fingerprint density at radius 2 is 1.66 bits per heavy atom. The number of H-pyrrole nitrogens is 1. The number of aromatic amines is 1. The van der Waals surface area contributed by atoms with Crippen molar-refractivity contribution >= 4 is 49.9 Å². The summed E-state index contributed by atoms with van der Waals surface area (Å²) in [6, 6.07) is 22.3. The first kappa shape index (κ1) is 17.3. The molecule has 1 N–H and O–H groups in total. The highest BCUT2D eigenvalue weighted by molar-refractivity contribution is 7.19. The molecular formula is C22H14N4O2S. The average molecular weight is 398 g/mol. The number of imidazole rings is 1. The summed E-state index contributed by atoms with van der Waals surface area (Å²) in [6.07, 6.45) is 1.96. The van der Waals surface area contributed by atoms with Crippen LogP contribution in [0.4, 0.5) is 5.69 Å². The van der Waals surface area contributed by atoms with Crippen molar-refractivity contribution in [3.63, 3.8) is 0 Å². The number of thiazole rings is 1. The molecule has 2 aromatic heterocycles. The average Bonchev–Trinajstić information content (AvgIpc) is 3.36. The van der Waals surface area contributed by atoms with E-state index in [1.165, 1.54) is 12.1 Å². The maximum Gasteiger partial charge on any atom is 0.269 e. The van der Waals surface area contributed by atoms with Gasteiger partial charge < -0.3 is 4.98 Å². The molecule has 0 bridgehead atoms. The second-order valence-electron chi connectivity index (χ2n) is 6.50. The third-order valence-corrected chi connectivity index (χ3v) is 5.65. The lowest BCUT2D eigenvalue weighted by molar-refractivity contribution is -0.384. The zero-order chi connectivity index (χ0) is 19.8. The largest absolute Gasteiger partial charge is 0.338 e. The fraction of sp³-hybridized carbons (Fsp3) is 0. The first-order valence-corrected chi connectivity index (χ1v) is 9.76. The van der Waals surface area contributed by atoms with Gasteiger partial charge in [0, 0.05) is 12.1 Å². The quantitative estimate of drug-likeness (QED) is 0.312. The van der Waals surface area contributed by atoms with Gasteiger partial charge in [-0.3, -0.25) is 10.1 Å². The molecule has 0 unspecified atom stereocenters. The zero-order valence-corrected chi connectivity index (χ0v) is 15.9. The van der Waals surface area contributed by atoms with Gasteiger partial charge in [0.1, 0.15) is 10.8 Å². The van der Waals surface area contributed by atoms with Crippen LogP contribution in [0.1, 0.15) is 16.4 Å². The Morgan fingerprint density at radius 1 is 0.931 bits per heavy atom. The van der Waals surface area contributed by atoms with Crippen LogP contribution in [-0.4, -0.2) is 19.9 Å². The van der Waals surface area contributed by atoms with Gasteiger partial charge in [0.25, 0.3) is 5.69 Å². The van der Waals surface area contributed by atoms with Gasteiger partial charge in [0.2, 0.25) is 0 Å². The molecule has 0 fully saturated rings. The van der Waals surface area contributed by atoms with Gasteiger partial charge >= 0.3 is 0 Å². The van der Waals surface area contributed by atoms with E-state index in [9.17, 15) is 10.1 Å². The van der Waals surface area contributed by atoms with Crippen molar-refractivity contribution < 1.29 is 4.92 Å². The molecular weight excluding hydrogens is 384 g/mol. The third kappa shape index (κ3) is 3.28. The van der Waals surface area contributed by atoms with E-state index in [4.69, 9.17) is 9.97 Å². The Hall–Kier alpha value is -3.84. The fourth-order valence-corrected chi connectivity index (χ4v) is 4.14. The van der Waals surface area contributed by atoms with Crippen molar-refractivity contribution in [1.29, 1.82) is 0 Å². The maximum atomic E-state index is 10.9. The number of aromatic nitrogens is 3. The molecule has 3 aromatic carbocycles. The van der Waals surface area contributed by atoms with E-state index in [-0.39, 0.29) is 5.69 Å². The van der Waals surface area contributed by atoms with Crippen LogP contribution < -0.4 is 0 Å². The van der Waals surface area contributed by atoms with E-state index in [1.54, 1.807) is 23.5 Å². The molecule has 2 heterocycles. The number of nitro benzene ring substituents is 1. The summed E-state index contributed by atoms with van der Waals surface area (Å²) in [4.78, 5) is 23.4. The molecule has 0 aliphatic carbocycles. The molecule has 5 rings (SSSR count). The Morgan fingerprint density at radius 3 is 2.38 bits per heavy atom. The minimum Gasteiger partial charge on any atom is -0.338 e. The number of hydrogen-bond acceptors (Lipinski definition) is 5. The van der Waals surface area contributed by atoms with Crippen LogP contribution in [0.15, 0.2) is 72.8 Å². The van der Waals surface area contributed by atoms with Crippen molar-refractivity contribution in [2.24, 2.45) is 0 Å². The normalized spacial score (nSPS) is 11.9. The number of nitro groups is 1. The number of hydrogen-bond donors (Lipinski definition) is 1. The lowest BCUT2D eigenvalue weighted by atomic mass is 10.1. The molecule has 140 valence electrons. The third-order valence-electron chi connectivity index (χ3n) is 4.58. The molecule has 0 aliphatic rings. The number of para-hydroxylation sites is 3. The Balaban J connectivity index is 1.68. The van der Waals surface area contributed by atoms with Crippen molar-refractivity contribution in [3.8, 4) is 0 Å². The van der Waals surface area contributed by atoms with Gasteiger partial charge in [-0.05, 0) is 48.0 Å². The smallest absolute Gasteiger partial charge is 0.269 e. The lowest BCUT2D eigenvalue weighted by Gasteiger charge is -2.02. The minimum atomic E-state index is -0.402. The number of benzene rings is 3. The summed E-state index contributed by atoms with van der Waals surface area (Å²) in [6.45, 7) is 0. The molecule has 0 saturated carbocycles. The summed E-state index contributed by atoms with van der Waals surface area (Å²) in [7, 11) is 0. The van der Waals surface area contributed by atoms with Crippen LogP contribution in [0.2, 0.25) is 0 Å². The predicted octanol–water partition coefficient (Wildman–Crippen LogP) is 5.67. The number of fused-ring (bicyclic) bond motifs is 2. The molecule has 29 heavy (non-hydrogen) atoms. The summed E-state index contributed by atoms with van der Waals surface area (Å²) in [5, 5.41) is 11.8. The molecule has 5 aromatic rings. The molecule has 0 saturated heterocycles. The molecule has 0 atom stereocenters. The van der Waals surface area contributed by atoms with Crippen molar-refractivity contribution in [1.82, 2.24) is 15.0 Å². The molecule has 6 nitrogen and oxygen atoms in total. The molecule has 7 heteroatoms. The van der Waals surface area contributed by atoms with Crippen LogP contribution in [0.25, 0.3) is 32.9 Å². The van der Waals surface area contributed by atoms with Crippen molar-refractivity contribution in [3.05, 3.63) is 99.3 Å². The lowest BCUT2D eigenvalue weighted by Crippen LogP contribution is -1.91. The first-order valence-electron chi connectivity index (χ1n) is 8.94. The highest BCUT2D eigenvalue weighted by Gasteiger charge is 2.15. The predicted molar refractivity (Wildman–Crippen MR) is 116 cm³/mol. The molecule has 0 radical (unpaired) electrons. The van der Waals surface area contributed by atoms with Crippen molar-refractivity contribution in [2.45, 2.75) is 0 Å². The fourth-order valence-electron chi connectivity index (χ4n) is 3.16. The second-order valence-corrected chi connectivity index (χ2v) is 7.53. The van der Waals surface area contributed by atoms with E-state index in [0.29, 0.717) is 5.82 Å². The van der Waals surface area contributed by atoms with E-state index < -0.39 is 4.92 Å². The van der Waals surface area contributed by atoms with Gasteiger partial charge in [0.15, 0.2) is 0 Å². The van der Waals surface area contributed by atoms with Gasteiger partial charge in [-0.1, -0.05) is 24.3 Å². The summed E-state index contributed by atoms with van der Waals surface area (Å²) in [5.74, 6) is 0.712. The van der Waals surface area contributed by atoms with E-state index in [1.807, 2.05) is 54.6 Å². The van der Waals surface area contributed by atoms with Gasteiger partial charge in [-0.15, -0.1) is 11.3 Å². The Bertz CT molecular complexity index is 1240. The molecule has 0 spiro atoms. The van der Waals surface area contributed by atoms with Gasteiger partial charge in [0.05, 0.1) is 31.7 Å². The van der Waals surface area contributed by atoms with E-state index in [0.717, 1.165) is 37.4 Å². The maximum absolute atomic E-state index is 10.9. The standard InChI is InChI=1S/C22H14N4O2S/c27-26(28)15-11-9-14(10-12-15)13-16(21-23-17-5-1-2-6-18(17)24-21)22-25-19-7-3-4-8-20(19)29-22/h1-13H,(H,23,24)/b16-13+. The zero-order valence-electron chi connectivity index (χ0n) is 15.1. The molecule has 0 aliphatic heterocycles. The van der Waals surface area contributed by atoms with Gasteiger partial charge in [-0.25, -0.2) is 9.97 Å². The first-order chi connectivity index (χ1) is 14.2. The SMILES string of the molecule is O=[N+]([O-])c1ccc(/C=C(\c2nc3ccccc3[nH]2)c2nc3ccccc3s2)cc1. The topological polar surface area (TPSA) is 84.7 Å². The molecule has 0 amide bonds. The van der Waals surface area contributed by atoms with Crippen LogP contribution >= 0.6 is 11.3 Å². The van der Waals surface area contributed by atoms with Gasteiger partial charge in [-0.2, -0.15) is 0 Å². The minimum absolute atomic E-state index is 0.0624. The van der Waals surface area contributed by atoms with Crippen LogP contribution in [0.5, 0.6) is 0 Å². The monoisotopic (exact) mass is 398 g/mol. The number of non-ortho nitro benzene ring substituents is 1. The summed E-state index contributed by atoms with van der Waals surface area (Å²) < 4.78 is 1.09. The second kappa shape index (κ2) is 6.96. The highest BCUT2D eigenvalue weighted by atomic mass is 32.1. The highest BCUT2D eigenvalue weighted by Crippen LogP contribution is 2.32. The van der Waals surface area contributed by atoms with E-state index >= 15 is 0 Å². The summed E-state index contributed by atoms with van der Waals surface area (Å²) >= 11 is 1.59.